The van der Waals surface area contributed by atoms with E-state index in [1.165, 1.54) is 12.1 Å². The second-order valence-corrected chi connectivity index (χ2v) is 4.62. The fourth-order valence-corrected chi connectivity index (χ4v) is 2.23. The molecule has 1 aromatic rings. The molecular weight excluding hydrogens is 232 g/mol. The van der Waals surface area contributed by atoms with Crippen LogP contribution in [0.3, 0.4) is 0 Å². The van der Waals surface area contributed by atoms with Crippen molar-refractivity contribution in [2.75, 3.05) is 13.1 Å². The third kappa shape index (κ3) is 2.71. The Kier molecular flexibility index (Phi) is 3.45. The zero-order chi connectivity index (χ0) is 11.6. The average molecular weight is 246 g/mol. The first-order valence-corrected chi connectivity index (χ1v) is 5.83. The maximum Gasteiger partial charge on any atom is 0.348 e. The van der Waals surface area contributed by atoms with E-state index in [1.54, 1.807) is 12.1 Å². The average Bonchev–Trinajstić information content (AvgIpc) is 2.29. The molecule has 0 atom stereocenters. The minimum absolute atomic E-state index is 0.133. The summed E-state index contributed by atoms with van der Waals surface area (Å²) in [5, 5.41) is 0.0217. The fourth-order valence-electron chi connectivity index (χ4n) is 2.10. The van der Waals surface area contributed by atoms with Crippen LogP contribution in [0.15, 0.2) is 24.3 Å². The van der Waals surface area contributed by atoms with E-state index in [-0.39, 0.29) is 5.56 Å². The van der Waals surface area contributed by atoms with Gasteiger partial charge in [0.1, 0.15) is 0 Å². The predicted octanol–water partition coefficient (Wildman–Crippen LogP) is 3.44. The highest BCUT2D eigenvalue weighted by atomic mass is 35.5. The molecule has 1 aliphatic rings. The number of benzene rings is 1. The van der Waals surface area contributed by atoms with Crippen molar-refractivity contribution < 1.29 is 8.78 Å². The zero-order valence-electron chi connectivity index (χ0n) is 8.85. The molecule has 0 saturated carbocycles. The van der Waals surface area contributed by atoms with Crippen LogP contribution in [0.5, 0.6) is 0 Å². The first-order chi connectivity index (χ1) is 7.57. The molecule has 0 amide bonds. The Morgan fingerprint density at radius 1 is 1.12 bits per heavy atom. The number of rotatable bonds is 2. The molecule has 1 N–H and O–H groups in total. The monoisotopic (exact) mass is 245 g/mol. The molecule has 1 saturated heterocycles. The van der Waals surface area contributed by atoms with Crippen LogP contribution in [-0.4, -0.2) is 13.1 Å². The van der Waals surface area contributed by atoms with E-state index < -0.39 is 5.38 Å². The van der Waals surface area contributed by atoms with Crippen molar-refractivity contribution in [3.8, 4) is 0 Å². The van der Waals surface area contributed by atoms with Crippen molar-refractivity contribution in [3.05, 3.63) is 35.4 Å². The summed E-state index contributed by atoms with van der Waals surface area (Å²) in [6, 6.07) is 6.37. The highest BCUT2D eigenvalue weighted by molar-refractivity contribution is 6.21. The van der Waals surface area contributed by atoms with Gasteiger partial charge in [-0.25, -0.2) is 0 Å². The molecule has 1 nitrogen and oxygen atoms in total. The molecule has 4 heteroatoms. The van der Waals surface area contributed by atoms with Gasteiger partial charge in [0, 0.05) is 5.56 Å². The van der Waals surface area contributed by atoms with Gasteiger partial charge in [-0.2, -0.15) is 8.78 Å². The molecule has 1 fully saturated rings. The summed E-state index contributed by atoms with van der Waals surface area (Å²) in [5.74, 6) is 0.485. The molecule has 88 valence electrons. The van der Waals surface area contributed by atoms with E-state index >= 15 is 0 Å². The quantitative estimate of drug-likeness (QED) is 0.787. The minimum Gasteiger partial charge on any atom is -0.317 e. The second kappa shape index (κ2) is 4.68. The summed E-state index contributed by atoms with van der Waals surface area (Å²) < 4.78 is 25.6. The summed E-state index contributed by atoms with van der Waals surface area (Å²) in [4.78, 5) is 0. The Morgan fingerprint density at radius 3 is 2.19 bits per heavy atom. The Balaban J connectivity index is 2.12. The number of piperidine rings is 1. The van der Waals surface area contributed by atoms with Gasteiger partial charge in [-0.1, -0.05) is 24.3 Å². The van der Waals surface area contributed by atoms with E-state index in [1.807, 2.05) is 0 Å². The maximum absolute atomic E-state index is 12.8. The van der Waals surface area contributed by atoms with Crippen LogP contribution < -0.4 is 5.32 Å². The van der Waals surface area contributed by atoms with Gasteiger partial charge in [-0.05, 0) is 49.0 Å². The van der Waals surface area contributed by atoms with Crippen LogP contribution in [0, 0.1) is 0 Å². The molecule has 0 radical (unpaired) electrons. The van der Waals surface area contributed by atoms with Gasteiger partial charge in [0.15, 0.2) is 0 Å². The van der Waals surface area contributed by atoms with Crippen molar-refractivity contribution in [2.45, 2.75) is 24.1 Å². The van der Waals surface area contributed by atoms with Crippen molar-refractivity contribution in [1.29, 1.82) is 0 Å². The molecule has 1 heterocycles. The number of hydrogen-bond donors (Lipinski definition) is 1. The van der Waals surface area contributed by atoms with Crippen molar-refractivity contribution in [2.24, 2.45) is 0 Å². The van der Waals surface area contributed by atoms with Crippen molar-refractivity contribution in [3.63, 3.8) is 0 Å². The largest absolute Gasteiger partial charge is 0.348 e. The van der Waals surface area contributed by atoms with Gasteiger partial charge in [0.2, 0.25) is 0 Å². The number of hydrogen-bond acceptors (Lipinski definition) is 1. The van der Waals surface area contributed by atoms with Gasteiger partial charge in [0.05, 0.1) is 0 Å². The summed E-state index contributed by atoms with van der Waals surface area (Å²) >= 11 is 4.95. The summed E-state index contributed by atoms with van der Waals surface area (Å²) in [5.41, 5.74) is 0.998. The fraction of sp³-hybridized carbons (Fsp3) is 0.500. The van der Waals surface area contributed by atoms with Gasteiger partial charge >= 0.3 is 5.38 Å². The van der Waals surface area contributed by atoms with E-state index in [2.05, 4.69) is 5.32 Å². The predicted molar refractivity (Wildman–Crippen MR) is 61.0 cm³/mol. The van der Waals surface area contributed by atoms with Crippen molar-refractivity contribution in [1.82, 2.24) is 5.32 Å². The van der Waals surface area contributed by atoms with Crippen LogP contribution in [0.25, 0.3) is 0 Å². The Labute approximate surface area is 98.8 Å². The second-order valence-electron chi connectivity index (χ2n) is 4.14. The molecule has 2 rings (SSSR count). The smallest absolute Gasteiger partial charge is 0.317 e. The lowest BCUT2D eigenvalue weighted by Gasteiger charge is -2.23. The standard InChI is InChI=1S/C12H14ClF2N/c13-12(14,15)11-3-1-9(2-4-11)10-5-7-16-8-6-10/h1-4,10,16H,5-8H2. The number of halogens is 3. The minimum atomic E-state index is -3.26. The number of alkyl halides is 3. The Hall–Kier alpha value is -0.670. The maximum atomic E-state index is 12.8. The third-order valence-corrected chi connectivity index (χ3v) is 3.27. The normalized spacial score (nSPS) is 18.7. The lowest BCUT2D eigenvalue weighted by molar-refractivity contribution is 0.0951. The molecule has 1 aliphatic heterocycles. The van der Waals surface area contributed by atoms with E-state index in [9.17, 15) is 8.78 Å². The lowest BCUT2D eigenvalue weighted by atomic mass is 9.90. The highest BCUT2D eigenvalue weighted by Crippen LogP contribution is 2.33. The molecule has 0 aromatic heterocycles. The van der Waals surface area contributed by atoms with Crippen LogP contribution >= 0.6 is 11.6 Å². The van der Waals surface area contributed by atoms with Crippen molar-refractivity contribution >= 4 is 11.6 Å². The van der Waals surface area contributed by atoms with E-state index in [0.717, 1.165) is 31.5 Å². The molecular formula is C12H14ClF2N. The van der Waals surface area contributed by atoms with E-state index in [0.29, 0.717) is 5.92 Å². The molecule has 0 unspecified atom stereocenters. The molecule has 0 bridgehead atoms. The van der Waals surface area contributed by atoms with Crippen LogP contribution in [0.1, 0.15) is 29.9 Å². The van der Waals surface area contributed by atoms with Crippen LogP contribution in [-0.2, 0) is 5.38 Å². The lowest BCUT2D eigenvalue weighted by Crippen LogP contribution is -2.26. The molecule has 16 heavy (non-hydrogen) atoms. The Morgan fingerprint density at radius 2 is 1.69 bits per heavy atom. The summed E-state index contributed by atoms with van der Waals surface area (Å²) in [7, 11) is 0. The highest BCUT2D eigenvalue weighted by Gasteiger charge is 2.27. The molecule has 0 aliphatic carbocycles. The SMILES string of the molecule is FC(F)(Cl)c1ccc(C2CCNCC2)cc1. The molecule has 0 spiro atoms. The summed E-state index contributed by atoms with van der Waals surface area (Å²) in [6.45, 7) is 2.00. The summed E-state index contributed by atoms with van der Waals surface area (Å²) in [6.07, 6.45) is 2.13. The first-order valence-electron chi connectivity index (χ1n) is 5.45. The topological polar surface area (TPSA) is 12.0 Å². The van der Waals surface area contributed by atoms with Gasteiger partial charge < -0.3 is 5.32 Å². The van der Waals surface area contributed by atoms with Crippen LogP contribution in [0.2, 0.25) is 0 Å². The Bertz CT molecular complexity index is 339. The first kappa shape index (κ1) is 11.8. The third-order valence-electron chi connectivity index (χ3n) is 3.05. The molecule has 1 aromatic carbocycles. The number of nitrogens with one attached hydrogen (secondary N) is 1. The van der Waals surface area contributed by atoms with Gasteiger partial charge in [-0.15, -0.1) is 0 Å². The van der Waals surface area contributed by atoms with E-state index in [4.69, 9.17) is 11.6 Å². The van der Waals surface area contributed by atoms with Gasteiger partial charge in [-0.3, -0.25) is 0 Å². The zero-order valence-corrected chi connectivity index (χ0v) is 9.61. The van der Waals surface area contributed by atoms with Gasteiger partial charge in [0.25, 0.3) is 0 Å². The van der Waals surface area contributed by atoms with Crippen LogP contribution in [0.4, 0.5) is 8.78 Å².